The summed E-state index contributed by atoms with van der Waals surface area (Å²) in [5, 5.41) is 10.8. The Hall–Kier alpha value is -1.41. The van der Waals surface area contributed by atoms with E-state index in [-0.39, 0.29) is 5.69 Å². The van der Waals surface area contributed by atoms with Gasteiger partial charge in [-0.05, 0) is 13.8 Å². The zero-order valence-corrected chi connectivity index (χ0v) is 8.09. The van der Waals surface area contributed by atoms with Crippen molar-refractivity contribution in [2.45, 2.75) is 20.0 Å². The van der Waals surface area contributed by atoms with Crippen LogP contribution in [0.4, 0.5) is 0 Å². The lowest BCUT2D eigenvalue weighted by atomic mass is 10.4. The summed E-state index contributed by atoms with van der Waals surface area (Å²) in [6, 6.07) is 1.80. The average Bonchev–Trinajstić information content (AvgIpc) is 2.51. The molecule has 0 saturated heterocycles. The van der Waals surface area contributed by atoms with E-state index in [2.05, 4.69) is 4.98 Å². The molecule has 68 valence electrons. The van der Waals surface area contributed by atoms with Crippen molar-refractivity contribution >= 4 is 17.3 Å². The van der Waals surface area contributed by atoms with Gasteiger partial charge in [-0.3, -0.25) is 0 Å². The minimum Gasteiger partial charge on any atom is -0.443 e. The molecule has 0 aliphatic heterocycles. The van der Waals surface area contributed by atoms with E-state index < -0.39 is 12.1 Å². The number of aryl methyl sites for hydroxylation is 1. The van der Waals surface area contributed by atoms with Gasteiger partial charge < -0.3 is 4.74 Å². The van der Waals surface area contributed by atoms with Crippen LogP contribution in [0.2, 0.25) is 0 Å². The molecule has 4 nitrogen and oxygen atoms in total. The Balaban J connectivity index is 2.65. The topological polar surface area (TPSA) is 63.0 Å². The highest BCUT2D eigenvalue weighted by molar-refractivity contribution is 7.09. The summed E-state index contributed by atoms with van der Waals surface area (Å²) in [5.74, 6) is -0.543. The van der Waals surface area contributed by atoms with Crippen LogP contribution in [-0.4, -0.2) is 17.1 Å². The van der Waals surface area contributed by atoms with Crippen LogP contribution in [0.5, 0.6) is 0 Å². The quantitative estimate of drug-likeness (QED) is 0.673. The maximum Gasteiger partial charge on any atom is 0.359 e. The molecule has 0 aliphatic carbocycles. The zero-order valence-electron chi connectivity index (χ0n) is 7.27. The number of nitrogens with zero attached hydrogens (tertiary/aromatic N) is 2. The van der Waals surface area contributed by atoms with E-state index in [0.29, 0.717) is 0 Å². The van der Waals surface area contributed by atoms with E-state index >= 15 is 0 Å². The van der Waals surface area contributed by atoms with Crippen molar-refractivity contribution in [1.82, 2.24) is 4.98 Å². The minimum absolute atomic E-state index is 0.268. The number of rotatable bonds is 2. The highest BCUT2D eigenvalue weighted by atomic mass is 32.1. The van der Waals surface area contributed by atoms with Crippen LogP contribution in [0.25, 0.3) is 0 Å². The fourth-order valence-electron chi connectivity index (χ4n) is 0.704. The first-order valence-corrected chi connectivity index (χ1v) is 4.54. The third kappa shape index (κ3) is 2.53. The second-order valence-electron chi connectivity index (χ2n) is 2.43. The normalized spacial score (nSPS) is 11.8. The Morgan fingerprint density at radius 1 is 1.85 bits per heavy atom. The van der Waals surface area contributed by atoms with Gasteiger partial charge >= 0.3 is 5.97 Å². The molecular formula is C8H8N2O2S. The molecule has 13 heavy (non-hydrogen) atoms. The molecule has 1 rings (SSSR count). The van der Waals surface area contributed by atoms with Gasteiger partial charge in [0.25, 0.3) is 0 Å². The van der Waals surface area contributed by atoms with Crippen molar-refractivity contribution in [2.24, 2.45) is 0 Å². The zero-order chi connectivity index (χ0) is 9.84. The van der Waals surface area contributed by atoms with Crippen LogP contribution >= 0.6 is 11.3 Å². The molecule has 0 amide bonds. The summed E-state index contributed by atoms with van der Waals surface area (Å²) in [5.41, 5.74) is 0.268. The predicted molar refractivity (Wildman–Crippen MR) is 47.3 cm³/mol. The molecule has 1 aromatic rings. The number of aromatic nitrogens is 1. The molecule has 0 aliphatic rings. The summed E-state index contributed by atoms with van der Waals surface area (Å²) in [4.78, 5) is 15.1. The maximum atomic E-state index is 11.2. The van der Waals surface area contributed by atoms with Crippen LogP contribution in [0, 0.1) is 18.3 Å². The van der Waals surface area contributed by atoms with Crippen molar-refractivity contribution in [1.29, 1.82) is 5.26 Å². The van der Waals surface area contributed by atoms with E-state index in [1.165, 1.54) is 18.3 Å². The van der Waals surface area contributed by atoms with E-state index in [4.69, 9.17) is 10.00 Å². The van der Waals surface area contributed by atoms with Gasteiger partial charge in [0, 0.05) is 5.38 Å². The molecule has 0 bridgehead atoms. The first-order chi connectivity index (χ1) is 6.13. The summed E-state index contributed by atoms with van der Waals surface area (Å²) in [7, 11) is 0. The minimum atomic E-state index is -0.727. The summed E-state index contributed by atoms with van der Waals surface area (Å²) in [6.07, 6.45) is -0.727. The smallest absolute Gasteiger partial charge is 0.359 e. The van der Waals surface area contributed by atoms with Crippen molar-refractivity contribution in [3.8, 4) is 6.07 Å². The molecule has 1 atom stereocenters. The molecule has 0 fully saturated rings. The monoisotopic (exact) mass is 196 g/mol. The maximum absolute atomic E-state index is 11.2. The van der Waals surface area contributed by atoms with Crippen molar-refractivity contribution < 1.29 is 9.53 Å². The number of hydrogen-bond donors (Lipinski definition) is 0. The largest absolute Gasteiger partial charge is 0.443 e. The molecule has 0 radical (unpaired) electrons. The van der Waals surface area contributed by atoms with E-state index in [1.807, 2.05) is 0 Å². The van der Waals surface area contributed by atoms with Crippen molar-refractivity contribution in [3.63, 3.8) is 0 Å². The van der Waals surface area contributed by atoms with Crippen LogP contribution in [-0.2, 0) is 4.74 Å². The molecular weight excluding hydrogens is 188 g/mol. The number of carbonyl (C=O) groups excluding carboxylic acids is 1. The van der Waals surface area contributed by atoms with Gasteiger partial charge in [-0.1, -0.05) is 0 Å². The highest BCUT2D eigenvalue weighted by Crippen LogP contribution is 2.09. The summed E-state index contributed by atoms with van der Waals surface area (Å²) in [6.45, 7) is 3.31. The predicted octanol–water partition coefficient (Wildman–Crippen LogP) is 1.52. The number of carbonyl (C=O) groups is 1. The number of nitriles is 1. The third-order valence-corrected chi connectivity index (χ3v) is 2.07. The fourth-order valence-corrected chi connectivity index (χ4v) is 1.29. The van der Waals surface area contributed by atoms with Crippen molar-refractivity contribution in [2.75, 3.05) is 0 Å². The second kappa shape index (κ2) is 4.01. The molecule has 1 aromatic heterocycles. The van der Waals surface area contributed by atoms with E-state index in [9.17, 15) is 4.79 Å². The second-order valence-corrected chi connectivity index (χ2v) is 3.49. The Morgan fingerprint density at radius 2 is 2.54 bits per heavy atom. The lowest BCUT2D eigenvalue weighted by Crippen LogP contribution is -2.13. The standard InChI is InChI=1S/C8H8N2O2S/c1-5(3-9)12-8(11)7-4-13-6(2)10-7/h4-5H,1-2H3. The molecule has 5 heteroatoms. The van der Waals surface area contributed by atoms with Gasteiger partial charge in [-0.2, -0.15) is 5.26 Å². The molecule has 0 N–H and O–H groups in total. The Morgan fingerprint density at radius 3 is 3.00 bits per heavy atom. The van der Waals surface area contributed by atoms with Crippen LogP contribution < -0.4 is 0 Å². The summed E-state index contributed by atoms with van der Waals surface area (Å²) < 4.78 is 4.74. The molecule has 1 unspecified atom stereocenters. The number of ether oxygens (including phenoxy) is 1. The molecule has 0 saturated carbocycles. The van der Waals surface area contributed by atoms with Gasteiger partial charge in [0.15, 0.2) is 11.8 Å². The van der Waals surface area contributed by atoms with Gasteiger partial charge in [-0.25, -0.2) is 9.78 Å². The Kier molecular flexibility index (Phi) is 2.98. The lowest BCUT2D eigenvalue weighted by molar-refractivity contribution is 0.0429. The third-order valence-electron chi connectivity index (χ3n) is 1.29. The van der Waals surface area contributed by atoms with Gasteiger partial charge in [0.2, 0.25) is 0 Å². The summed E-state index contributed by atoms with van der Waals surface area (Å²) >= 11 is 1.37. The first kappa shape index (κ1) is 9.68. The van der Waals surface area contributed by atoms with Gasteiger partial charge in [-0.15, -0.1) is 11.3 Å². The Bertz CT molecular complexity index is 353. The molecule has 1 heterocycles. The number of hydrogen-bond acceptors (Lipinski definition) is 5. The fraction of sp³-hybridized carbons (Fsp3) is 0.375. The van der Waals surface area contributed by atoms with Crippen LogP contribution in [0.15, 0.2) is 5.38 Å². The van der Waals surface area contributed by atoms with E-state index in [1.54, 1.807) is 18.4 Å². The highest BCUT2D eigenvalue weighted by Gasteiger charge is 2.13. The number of thiazole rings is 1. The average molecular weight is 196 g/mol. The van der Waals surface area contributed by atoms with Gasteiger partial charge in [0.1, 0.15) is 6.07 Å². The first-order valence-electron chi connectivity index (χ1n) is 3.66. The molecule has 0 aromatic carbocycles. The SMILES string of the molecule is Cc1nc(C(=O)OC(C)C#N)cs1. The van der Waals surface area contributed by atoms with Gasteiger partial charge in [0.05, 0.1) is 5.01 Å². The van der Waals surface area contributed by atoms with Crippen molar-refractivity contribution in [3.05, 3.63) is 16.1 Å². The number of esters is 1. The molecule has 0 spiro atoms. The lowest BCUT2D eigenvalue weighted by Gasteiger charge is -2.02. The van der Waals surface area contributed by atoms with Crippen LogP contribution in [0.1, 0.15) is 22.4 Å². The van der Waals surface area contributed by atoms with E-state index in [0.717, 1.165) is 5.01 Å². The van der Waals surface area contributed by atoms with Crippen LogP contribution in [0.3, 0.4) is 0 Å². The Labute approximate surface area is 79.8 Å².